The highest BCUT2D eigenvalue weighted by Gasteiger charge is 2.29. The van der Waals surface area contributed by atoms with Crippen LogP contribution in [0, 0.1) is 0 Å². The van der Waals surface area contributed by atoms with Gasteiger partial charge < -0.3 is 4.74 Å². The molecule has 0 amide bonds. The molecule has 0 fully saturated rings. The molecule has 4 rings (SSSR count). The van der Waals surface area contributed by atoms with Crippen LogP contribution in [0.15, 0.2) is 103 Å². The predicted molar refractivity (Wildman–Crippen MR) is 105 cm³/mol. The highest BCUT2D eigenvalue weighted by atomic mass is 31.2. The van der Waals surface area contributed by atoms with Gasteiger partial charge in [-0.3, -0.25) is 0 Å². The van der Waals surface area contributed by atoms with Gasteiger partial charge in [0.25, 0.3) is 0 Å². The standard InChI is InChI=1S/C22H19OP/c1-4-10-19(11-5-1)24(22-16-17-23-18-22,20-12-6-2-7-13-20)21-14-8-3-9-15-21/h1-17H,18H2. The molecular weight excluding hydrogens is 311 g/mol. The lowest BCUT2D eigenvalue weighted by atomic mass is 10.4. The summed E-state index contributed by atoms with van der Waals surface area (Å²) in [5.74, 6) is 0. The van der Waals surface area contributed by atoms with E-state index >= 15 is 0 Å². The summed E-state index contributed by atoms with van der Waals surface area (Å²) >= 11 is 0. The van der Waals surface area contributed by atoms with Crippen molar-refractivity contribution in [1.82, 2.24) is 0 Å². The minimum Gasteiger partial charge on any atom is -0.496 e. The molecule has 24 heavy (non-hydrogen) atoms. The second kappa shape index (κ2) is 6.55. The van der Waals surface area contributed by atoms with Crippen LogP contribution in [0.2, 0.25) is 0 Å². The van der Waals surface area contributed by atoms with Crippen molar-refractivity contribution in [2.45, 2.75) is 0 Å². The Labute approximate surface area is 143 Å². The molecule has 1 aliphatic rings. The van der Waals surface area contributed by atoms with Crippen LogP contribution in [0.1, 0.15) is 0 Å². The normalized spacial score (nSPS) is 13.8. The second-order valence-corrected chi connectivity index (χ2v) is 9.25. The summed E-state index contributed by atoms with van der Waals surface area (Å²) in [5, 5.41) is 5.47. The van der Waals surface area contributed by atoms with Crippen molar-refractivity contribution in [3.8, 4) is 0 Å². The fraction of sp³-hybridized carbons (Fsp3) is 0.0455. The summed E-state index contributed by atoms with van der Waals surface area (Å²) in [6.07, 6.45) is 4.00. The average Bonchev–Trinajstić information content (AvgIpc) is 3.20. The Hall–Kier alpha value is -2.50. The molecule has 0 saturated carbocycles. The first-order chi connectivity index (χ1) is 11.9. The van der Waals surface area contributed by atoms with Crippen LogP contribution in [0.5, 0.6) is 0 Å². The maximum atomic E-state index is 5.64. The number of hydrogen-bond donors (Lipinski definition) is 0. The highest BCUT2D eigenvalue weighted by molar-refractivity contribution is 7.95. The molecule has 1 aliphatic heterocycles. The third-order valence-electron chi connectivity index (χ3n) is 4.45. The maximum Gasteiger partial charge on any atom is 0.114 e. The summed E-state index contributed by atoms with van der Waals surface area (Å²) in [7, 11) is 0. The fourth-order valence-corrected chi connectivity index (χ4v) is 7.72. The third kappa shape index (κ3) is 2.42. The van der Waals surface area contributed by atoms with Gasteiger partial charge in [0.2, 0.25) is 0 Å². The third-order valence-corrected chi connectivity index (χ3v) is 8.81. The van der Waals surface area contributed by atoms with Crippen molar-refractivity contribution < 1.29 is 4.74 Å². The van der Waals surface area contributed by atoms with Gasteiger partial charge in [-0.05, 0) is 28.9 Å². The monoisotopic (exact) mass is 330 g/mol. The van der Waals surface area contributed by atoms with Gasteiger partial charge in [0, 0.05) is 5.29 Å². The summed E-state index contributed by atoms with van der Waals surface area (Å²) in [5.41, 5.74) is 0. The highest BCUT2D eigenvalue weighted by Crippen LogP contribution is 2.47. The van der Waals surface area contributed by atoms with Crippen LogP contribution >= 0.6 is 6.89 Å². The van der Waals surface area contributed by atoms with Gasteiger partial charge in [-0.15, -0.1) is 0 Å². The first-order valence-corrected chi connectivity index (χ1v) is 9.92. The Morgan fingerprint density at radius 1 is 0.583 bits per heavy atom. The zero-order valence-electron chi connectivity index (χ0n) is 13.4. The van der Waals surface area contributed by atoms with E-state index < -0.39 is 6.89 Å². The molecule has 0 N–H and O–H groups in total. The maximum absolute atomic E-state index is 5.64. The molecule has 0 saturated heterocycles. The lowest BCUT2D eigenvalue weighted by molar-refractivity contribution is 0.317. The molecular formula is C22H19OP. The van der Waals surface area contributed by atoms with E-state index in [0.717, 1.165) is 0 Å². The minimum atomic E-state index is -1.90. The lowest BCUT2D eigenvalue weighted by Crippen LogP contribution is -2.30. The van der Waals surface area contributed by atoms with Crippen molar-refractivity contribution in [3.63, 3.8) is 0 Å². The molecule has 0 bridgehead atoms. The van der Waals surface area contributed by atoms with Gasteiger partial charge in [-0.2, -0.15) is 0 Å². The van der Waals surface area contributed by atoms with Crippen LogP contribution in [-0.4, -0.2) is 11.9 Å². The Morgan fingerprint density at radius 3 is 1.33 bits per heavy atom. The summed E-state index contributed by atoms with van der Waals surface area (Å²) in [6.45, 7) is -1.24. The van der Waals surface area contributed by atoms with Gasteiger partial charge in [-0.25, -0.2) is 0 Å². The second-order valence-electron chi connectivity index (χ2n) is 5.78. The van der Waals surface area contributed by atoms with Crippen molar-refractivity contribution in [2.24, 2.45) is 0 Å². The molecule has 0 unspecified atom stereocenters. The molecule has 3 aromatic carbocycles. The Morgan fingerprint density at radius 2 is 1.00 bits per heavy atom. The minimum absolute atomic E-state index is 0.659. The molecule has 0 atom stereocenters. The smallest absolute Gasteiger partial charge is 0.114 e. The van der Waals surface area contributed by atoms with Crippen LogP contribution in [-0.2, 0) is 4.74 Å². The molecule has 1 heterocycles. The van der Waals surface area contributed by atoms with E-state index in [1.165, 1.54) is 21.2 Å². The molecule has 0 aliphatic carbocycles. The molecule has 0 aromatic heterocycles. The summed E-state index contributed by atoms with van der Waals surface area (Å²) < 4.78 is 5.64. The van der Waals surface area contributed by atoms with Crippen LogP contribution in [0.3, 0.4) is 0 Å². The first-order valence-electron chi connectivity index (χ1n) is 8.13. The molecule has 0 radical (unpaired) electrons. The zero-order chi connectivity index (χ0) is 16.2. The number of rotatable bonds is 3. The topological polar surface area (TPSA) is 9.23 Å². The van der Waals surface area contributed by atoms with Gasteiger partial charge >= 0.3 is 0 Å². The van der Waals surface area contributed by atoms with Gasteiger partial charge in [0.05, 0.1) is 6.26 Å². The van der Waals surface area contributed by atoms with E-state index in [1.807, 2.05) is 6.26 Å². The molecule has 3 aromatic rings. The molecule has 118 valence electrons. The summed E-state index contributed by atoms with van der Waals surface area (Å²) in [4.78, 5) is 0. The first kappa shape index (κ1) is 15.1. The molecule has 1 nitrogen and oxygen atoms in total. The number of hydrogen-bond acceptors (Lipinski definition) is 1. The largest absolute Gasteiger partial charge is 0.496 e. The van der Waals surface area contributed by atoms with E-state index in [9.17, 15) is 0 Å². The predicted octanol–water partition coefficient (Wildman–Crippen LogP) is 3.70. The SMILES string of the molecule is C1=CC(=P(c2ccccc2)(c2ccccc2)c2ccccc2)CO1. The van der Waals surface area contributed by atoms with E-state index in [4.69, 9.17) is 4.74 Å². The van der Waals surface area contributed by atoms with Crippen molar-refractivity contribution >= 4 is 28.1 Å². The van der Waals surface area contributed by atoms with Crippen LogP contribution < -0.4 is 15.9 Å². The molecule has 2 heteroatoms. The number of ether oxygens (including phenoxy) is 1. The Kier molecular flexibility index (Phi) is 4.11. The Balaban J connectivity index is 2.17. The van der Waals surface area contributed by atoms with E-state index in [-0.39, 0.29) is 0 Å². The van der Waals surface area contributed by atoms with Crippen LogP contribution in [0.25, 0.3) is 0 Å². The lowest BCUT2D eigenvalue weighted by Gasteiger charge is -2.30. The van der Waals surface area contributed by atoms with Gasteiger partial charge in [0.1, 0.15) is 6.61 Å². The quantitative estimate of drug-likeness (QED) is 0.666. The molecule has 0 spiro atoms. The Bertz CT molecular complexity index is 793. The average molecular weight is 330 g/mol. The van der Waals surface area contributed by atoms with E-state index in [1.54, 1.807) is 0 Å². The fourth-order valence-electron chi connectivity index (χ4n) is 3.42. The van der Waals surface area contributed by atoms with E-state index in [2.05, 4.69) is 97.1 Å². The number of benzene rings is 3. The zero-order valence-corrected chi connectivity index (χ0v) is 14.3. The van der Waals surface area contributed by atoms with E-state index in [0.29, 0.717) is 6.61 Å². The van der Waals surface area contributed by atoms with Gasteiger partial charge in [0.15, 0.2) is 0 Å². The summed E-state index contributed by atoms with van der Waals surface area (Å²) in [6, 6.07) is 32.6. The van der Waals surface area contributed by atoms with Crippen molar-refractivity contribution in [3.05, 3.63) is 103 Å². The van der Waals surface area contributed by atoms with Crippen molar-refractivity contribution in [2.75, 3.05) is 6.61 Å². The van der Waals surface area contributed by atoms with Crippen molar-refractivity contribution in [1.29, 1.82) is 0 Å². The van der Waals surface area contributed by atoms with Gasteiger partial charge in [-0.1, -0.05) is 91.0 Å². The van der Waals surface area contributed by atoms with Crippen LogP contribution in [0.4, 0.5) is 0 Å².